The molecule has 18 heteroatoms. The molecule has 0 saturated carbocycles. The fourth-order valence-electron chi connectivity index (χ4n) is 6.41. The van der Waals surface area contributed by atoms with Crippen LogP contribution in [0.5, 0.6) is 0 Å². The number of hydrogen-bond donors (Lipinski definition) is 9. The van der Waals surface area contributed by atoms with Gasteiger partial charge in [0, 0.05) is 50.0 Å². The number of amides is 6. The molecular weight excluding hydrogens is 712 g/mol. The van der Waals surface area contributed by atoms with E-state index in [-0.39, 0.29) is 38.2 Å². The van der Waals surface area contributed by atoms with Gasteiger partial charge < -0.3 is 53.5 Å². The van der Waals surface area contributed by atoms with Crippen molar-refractivity contribution in [1.29, 1.82) is 0 Å². The summed E-state index contributed by atoms with van der Waals surface area (Å²) >= 11 is 0. The number of likely N-dealkylation sites (N-methyl/N-ethyl adjacent to an activating group) is 1. The average molecular weight is 761 g/mol. The topological polar surface area (TPSA) is 297 Å². The number of aliphatic carboxylic acids is 1. The van der Waals surface area contributed by atoms with Crippen LogP contribution in [-0.2, 0) is 52.8 Å². The predicted octanol–water partition coefficient (Wildman–Crippen LogP) is -1.30. The zero-order valence-corrected chi connectivity index (χ0v) is 30.5. The molecule has 0 aliphatic carbocycles. The molecule has 18 nitrogen and oxygen atoms in total. The number of carboxylic acids is 1. The maximum atomic E-state index is 14.2. The number of para-hydroxylation sites is 1. The van der Waals surface area contributed by atoms with E-state index in [9.17, 15) is 38.7 Å². The number of aryl methyl sites for hydroxylation is 1. The highest BCUT2D eigenvalue weighted by Crippen LogP contribution is 2.25. The highest BCUT2D eigenvalue weighted by molar-refractivity contribution is 5.97. The Morgan fingerprint density at radius 3 is 2.27 bits per heavy atom. The van der Waals surface area contributed by atoms with Crippen LogP contribution in [0.3, 0.4) is 0 Å². The number of nitrogens with zero attached hydrogens (tertiary/aromatic N) is 2. The summed E-state index contributed by atoms with van der Waals surface area (Å²) in [5.41, 5.74) is 19.7. The van der Waals surface area contributed by atoms with Crippen molar-refractivity contribution in [3.8, 4) is 0 Å². The molecule has 0 radical (unpaired) electrons. The van der Waals surface area contributed by atoms with Crippen LogP contribution in [0.25, 0.3) is 10.9 Å². The van der Waals surface area contributed by atoms with Crippen LogP contribution in [0, 0.1) is 0 Å². The first-order valence-corrected chi connectivity index (χ1v) is 17.8. The first kappa shape index (κ1) is 41.3. The summed E-state index contributed by atoms with van der Waals surface area (Å²) < 4.78 is 0. The molecule has 0 saturated heterocycles. The van der Waals surface area contributed by atoms with Gasteiger partial charge in [0.25, 0.3) is 0 Å². The van der Waals surface area contributed by atoms with E-state index in [4.69, 9.17) is 17.2 Å². The van der Waals surface area contributed by atoms with Gasteiger partial charge in [0.1, 0.15) is 24.2 Å². The number of aliphatic imine (C=N–C) groups is 1. The molecule has 1 aliphatic heterocycles. The number of aromatic amines is 1. The van der Waals surface area contributed by atoms with Crippen LogP contribution >= 0.6 is 0 Å². The van der Waals surface area contributed by atoms with Crippen molar-refractivity contribution in [3.63, 3.8) is 0 Å². The van der Waals surface area contributed by atoms with Crippen molar-refractivity contribution >= 4 is 58.3 Å². The van der Waals surface area contributed by atoms with E-state index < -0.39 is 78.5 Å². The highest BCUT2D eigenvalue weighted by atomic mass is 16.4. The first-order chi connectivity index (χ1) is 26.2. The van der Waals surface area contributed by atoms with Crippen molar-refractivity contribution in [1.82, 2.24) is 31.2 Å². The van der Waals surface area contributed by atoms with Crippen molar-refractivity contribution < 1.29 is 38.7 Å². The molecule has 4 rings (SSSR count). The van der Waals surface area contributed by atoms with E-state index in [0.717, 1.165) is 21.4 Å². The molecule has 2 heterocycles. The summed E-state index contributed by atoms with van der Waals surface area (Å²) in [5.74, 6) is -6.05. The lowest BCUT2D eigenvalue weighted by molar-refractivity contribution is -0.143. The summed E-state index contributed by atoms with van der Waals surface area (Å²) in [7, 11) is 1.39. The minimum Gasteiger partial charge on any atom is -0.481 e. The number of guanidine groups is 1. The van der Waals surface area contributed by atoms with Crippen LogP contribution in [0.1, 0.15) is 48.8 Å². The fraction of sp³-hybridized carbons (Fsp3) is 0.405. The standard InChI is InChI=1S/C37H48N10O8/c1-47-28(33(38)52)17-23-19-42-32-22(10-5-12-24(23)32)11-6-14-29(48)44-25(13-7-15-41-37(39)40)34(53)43-20-30(49)45-26(18-31(50)51)35(54)46-27(36(47)55)16-21-8-3-2-4-9-21/h2-5,8-10,12,19,25-28,42H,6-7,11,13-18,20H2,1H3,(H2,38,52)(H,43,53)(H,44,48)(H,45,49)(H,46,54)(H,50,51)(H4,39,40,41)/t25-,26-,27-,28+/m0/s1. The van der Waals surface area contributed by atoms with Crippen molar-refractivity contribution in [2.24, 2.45) is 22.2 Å². The van der Waals surface area contributed by atoms with Gasteiger partial charge in [0.05, 0.1) is 13.0 Å². The van der Waals surface area contributed by atoms with Gasteiger partial charge in [0.15, 0.2) is 5.96 Å². The van der Waals surface area contributed by atoms with E-state index in [1.807, 2.05) is 18.2 Å². The number of nitrogens with two attached hydrogens (primary N) is 3. The maximum absolute atomic E-state index is 14.2. The number of carbonyl (C=O) groups is 7. The molecule has 0 unspecified atom stereocenters. The predicted molar refractivity (Wildman–Crippen MR) is 202 cm³/mol. The van der Waals surface area contributed by atoms with Gasteiger partial charge in [-0.2, -0.15) is 0 Å². The maximum Gasteiger partial charge on any atom is 0.305 e. The minimum atomic E-state index is -1.66. The van der Waals surface area contributed by atoms with E-state index in [0.29, 0.717) is 30.4 Å². The second-order valence-corrected chi connectivity index (χ2v) is 13.3. The molecule has 3 aromatic rings. The minimum absolute atomic E-state index is 0.0265. The van der Waals surface area contributed by atoms with Crippen molar-refractivity contribution in [3.05, 3.63) is 71.4 Å². The Balaban J connectivity index is 1.69. The second kappa shape index (κ2) is 19.6. The van der Waals surface area contributed by atoms with Crippen molar-refractivity contribution in [2.45, 2.75) is 75.5 Å². The molecule has 4 bridgehead atoms. The summed E-state index contributed by atoms with van der Waals surface area (Å²) in [6.07, 6.45) is 2.26. The molecule has 55 heavy (non-hydrogen) atoms. The Bertz CT molecular complexity index is 1910. The van der Waals surface area contributed by atoms with E-state index in [1.54, 1.807) is 36.5 Å². The van der Waals surface area contributed by atoms with E-state index >= 15 is 0 Å². The van der Waals surface area contributed by atoms with E-state index in [1.165, 1.54) is 7.05 Å². The molecule has 12 N–H and O–H groups in total. The highest BCUT2D eigenvalue weighted by Gasteiger charge is 2.34. The Hall–Kier alpha value is -6.46. The summed E-state index contributed by atoms with van der Waals surface area (Å²) in [4.78, 5) is 100. The average Bonchev–Trinajstić information content (AvgIpc) is 3.56. The summed E-state index contributed by atoms with van der Waals surface area (Å²) in [6, 6.07) is 9.12. The molecule has 1 aliphatic rings. The number of carboxylic acid groups (broad SMARTS) is 1. The van der Waals surface area contributed by atoms with Gasteiger partial charge in [-0.05, 0) is 42.4 Å². The molecule has 1 aromatic heterocycles. The number of H-pyrrole nitrogens is 1. The Morgan fingerprint density at radius 1 is 0.855 bits per heavy atom. The van der Waals surface area contributed by atoms with Crippen LogP contribution in [0.15, 0.2) is 59.7 Å². The molecule has 6 amide bonds. The van der Waals surface area contributed by atoms with Crippen LogP contribution in [0.2, 0.25) is 0 Å². The Morgan fingerprint density at radius 2 is 1.58 bits per heavy atom. The number of rotatable bonds is 9. The number of primary amides is 1. The lowest BCUT2D eigenvalue weighted by Crippen LogP contribution is -2.58. The van der Waals surface area contributed by atoms with Gasteiger partial charge in [-0.25, -0.2) is 0 Å². The molecule has 0 spiro atoms. The quantitative estimate of drug-likeness (QED) is 0.0706. The Labute approximate surface area is 317 Å². The monoisotopic (exact) mass is 760 g/mol. The lowest BCUT2D eigenvalue weighted by Gasteiger charge is -2.31. The number of carbonyl (C=O) groups excluding carboxylic acids is 6. The zero-order chi connectivity index (χ0) is 40.1. The SMILES string of the molecule is CN1C(=O)[C@H](Cc2ccccc2)NC(=O)[C@H](CC(=O)O)NC(=O)CNC(=O)[C@H](CCCN=C(N)N)NC(=O)CCCc2cccc3c(c[nH]c23)C[C@@H]1C(N)=O. The van der Waals surface area contributed by atoms with E-state index in [2.05, 4.69) is 31.2 Å². The molecule has 0 fully saturated rings. The van der Waals surface area contributed by atoms with Gasteiger partial charge >= 0.3 is 5.97 Å². The molecule has 2 aromatic carbocycles. The number of benzene rings is 2. The van der Waals surface area contributed by atoms with Crippen molar-refractivity contribution in [2.75, 3.05) is 20.1 Å². The molecule has 4 atom stereocenters. The third-order valence-electron chi connectivity index (χ3n) is 9.24. The zero-order valence-electron chi connectivity index (χ0n) is 30.5. The third-order valence-corrected chi connectivity index (χ3v) is 9.24. The van der Waals surface area contributed by atoms with Gasteiger partial charge in [-0.3, -0.25) is 38.6 Å². The number of aromatic nitrogens is 1. The normalized spacial score (nSPS) is 20.9. The number of nitrogens with one attached hydrogen (secondary N) is 5. The van der Waals surface area contributed by atoms with Gasteiger partial charge in [-0.15, -0.1) is 0 Å². The lowest BCUT2D eigenvalue weighted by atomic mass is 9.98. The van der Waals surface area contributed by atoms with Crippen LogP contribution in [-0.4, -0.2) is 107 Å². The molecular formula is C37H48N10O8. The second-order valence-electron chi connectivity index (χ2n) is 13.3. The fourth-order valence-corrected chi connectivity index (χ4v) is 6.41. The number of hydrogen-bond acceptors (Lipinski definition) is 8. The third kappa shape index (κ3) is 12.0. The Kier molecular flexibility index (Phi) is 14.7. The molecule has 294 valence electrons. The summed E-state index contributed by atoms with van der Waals surface area (Å²) in [6.45, 7) is -0.486. The largest absolute Gasteiger partial charge is 0.481 e. The summed E-state index contributed by atoms with van der Waals surface area (Å²) in [5, 5.41) is 20.4. The van der Waals surface area contributed by atoms with Crippen LogP contribution < -0.4 is 38.5 Å². The van der Waals surface area contributed by atoms with Gasteiger partial charge in [0.2, 0.25) is 35.4 Å². The van der Waals surface area contributed by atoms with Crippen LogP contribution in [0.4, 0.5) is 0 Å². The first-order valence-electron chi connectivity index (χ1n) is 17.8. The van der Waals surface area contributed by atoms with Gasteiger partial charge in [-0.1, -0.05) is 48.5 Å². The smallest absolute Gasteiger partial charge is 0.305 e.